The van der Waals surface area contributed by atoms with E-state index in [4.69, 9.17) is 0 Å². The maximum Gasteiger partial charge on any atom is 0.420 e. The van der Waals surface area contributed by atoms with Gasteiger partial charge in [0.2, 0.25) is 0 Å². The van der Waals surface area contributed by atoms with E-state index in [0.29, 0.717) is 11.7 Å². The summed E-state index contributed by atoms with van der Waals surface area (Å²) in [5, 5.41) is 9.36. The Hall–Kier alpha value is -1.39. The van der Waals surface area contributed by atoms with E-state index in [1.54, 1.807) is 6.07 Å². The number of phenolic OH excluding ortho intramolecular Hbond substituents is 1. The van der Waals surface area contributed by atoms with Gasteiger partial charge < -0.3 is 10.0 Å². The van der Waals surface area contributed by atoms with Gasteiger partial charge in [-0.15, -0.1) is 0 Å². The zero-order valence-electron chi connectivity index (χ0n) is 10.5. The molecule has 1 aliphatic heterocycles. The third kappa shape index (κ3) is 2.26. The van der Waals surface area contributed by atoms with Crippen molar-refractivity contribution in [3.05, 3.63) is 23.8 Å². The summed E-state index contributed by atoms with van der Waals surface area (Å²) < 4.78 is 38.4. The molecule has 1 saturated carbocycles. The predicted molar refractivity (Wildman–Crippen MR) is 66.2 cm³/mol. The molecule has 2 bridgehead atoms. The van der Waals surface area contributed by atoms with Crippen molar-refractivity contribution in [2.45, 2.75) is 37.9 Å². The van der Waals surface area contributed by atoms with Crippen LogP contribution in [0.25, 0.3) is 0 Å². The number of anilines is 1. The van der Waals surface area contributed by atoms with Gasteiger partial charge in [0.05, 0.1) is 5.56 Å². The summed E-state index contributed by atoms with van der Waals surface area (Å²) in [6, 6.07) is 4.18. The summed E-state index contributed by atoms with van der Waals surface area (Å²) in [6.45, 7) is 0.817. The van der Waals surface area contributed by atoms with E-state index in [1.165, 1.54) is 6.42 Å². The molecular weight excluding hydrogens is 255 g/mol. The Morgan fingerprint density at radius 2 is 1.95 bits per heavy atom. The molecule has 2 atom stereocenters. The largest absolute Gasteiger partial charge is 0.507 e. The molecule has 2 fully saturated rings. The number of fused-ring (bicyclic) bond motifs is 2. The molecule has 2 nitrogen and oxygen atoms in total. The summed E-state index contributed by atoms with van der Waals surface area (Å²) >= 11 is 0. The first-order valence-electron chi connectivity index (χ1n) is 6.62. The molecule has 1 aromatic carbocycles. The van der Waals surface area contributed by atoms with Gasteiger partial charge in [0.1, 0.15) is 5.75 Å². The van der Waals surface area contributed by atoms with Crippen molar-refractivity contribution in [1.82, 2.24) is 0 Å². The number of hydrogen-bond acceptors (Lipinski definition) is 2. The molecule has 2 aliphatic rings. The van der Waals surface area contributed by atoms with Gasteiger partial charge in [-0.25, -0.2) is 0 Å². The molecule has 19 heavy (non-hydrogen) atoms. The number of piperidine rings is 1. The molecule has 0 spiro atoms. The second-order valence-corrected chi connectivity index (χ2v) is 5.51. The van der Waals surface area contributed by atoms with Crippen LogP contribution in [0.2, 0.25) is 0 Å². The van der Waals surface area contributed by atoms with Crippen molar-refractivity contribution in [3.8, 4) is 5.75 Å². The Morgan fingerprint density at radius 3 is 2.68 bits per heavy atom. The Bertz CT molecular complexity index is 486. The molecule has 0 radical (unpaired) electrons. The van der Waals surface area contributed by atoms with Crippen LogP contribution >= 0.6 is 0 Å². The van der Waals surface area contributed by atoms with Gasteiger partial charge >= 0.3 is 6.18 Å². The fraction of sp³-hybridized carbons (Fsp3) is 0.571. The minimum Gasteiger partial charge on any atom is -0.507 e. The Morgan fingerprint density at radius 1 is 1.16 bits per heavy atom. The van der Waals surface area contributed by atoms with Crippen LogP contribution in [0, 0.1) is 5.92 Å². The number of phenols is 1. The van der Waals surface area contributed by atoms with Crippen molar-refractivity contribution < 1.29 is 18.3 Å². The van der Waals surface area contributed by atoms with E-state index in [2.05, 4.69) is 4.90 Å². The first kappa shape index (κ1) is 12.6. The fourth-order valence-electron chi connectivity index (χ4n) is 3.37. The first-order valence-corrected chi connectivity index (χ1v) is 6.62. The smallest absolute Gasteiger partial charge is 0.420 e. The lowest BCUT2D eigenvalue weighted by molar-refractivity contribution is -0.138. The highest BCUT2D eigenvalue weighted by molar-refractivity contribution is 5.55. The van der Waals surface area contributed by atoms with Crippen LogP contribution in [-0.4, -0.2) is 17.7 Å². The van der Waals surface area contributed by atoms with Crippen LogP contribution in [0.15, 0.2) is 18.2 Å². The maximum absolute atomic E-state index is 12.8. The van der Waals surface area contributed by atoms with Gasteiger partial charge in [-0.3, -0.25) is 0 Å². The van der Waals surface area contributed by atoms with Crippen molar-refractivity contribution in [2.24, 2.45) is 5.92 Å². The molecule has 0 amide bonds. The molecule has 3 rings (SSSR count). The van der Waals surface area contributed by atoms with Crippen molar-refractivity contribution >= 4 is 5.69 Å². The molecule has 1 heterocycles. The van der Waals surface area contributed by atoms with Crippen molar-refractivity contribution in [1.29, 1.82) is 0 Å². The second-order valence-electron chi connectivity index (χ2n) is 5.51. The highest BCUT2D eigenvalue weighted by Crippen LogP contribution is 2.42. The van der Waals surface area contributed by atoms with Gasteiger partial charge in [-0.1, -0.05) is 0 Å². The maximum atomic E-state index is 12.8. The predicted octanol–water partition coefficient (Wildman–Crippen LogP) is 3.79. The number of aromatic hydroxyl groups is 1. The van der Waals surface area contributed by atoms with Gasteiger partial charge in [0, 0.05) is 18.3 Å². The standard InChI is InChI=1S/C14H16F3NO/c15-14(16,17)12-8-11(3-4-13(12)19)18-6-5-9-1-2-10(18)7-9/h3-4,8-10,19H,1-2,5-7H2. The zero-order valence-corrected chi connectivity index (χ0v) is 10.5. The topological polar surface area (TPSA) is 23.5 Å². The minimum atomic E-state index is -4.51. The van der Waals surface area contributed by atoms with E-state index < -0.39 is 17.5 Å². The molecule has 1 N–H and O–H groups in total. The Balaban J connectivity index is 1.93. The molecule has 5 heteroatoms. The Kier molecular flexibility index (Phi) is 2.87. The molecule has 0 aromatic heterocycles. The van der Waals surface area contributed by atoms with E-state index in [1.807, 2.05) is 0 Å². The van der Waals surface area contributed by atoms with Gasteiger partial charge in [0.25, 0.3) is 0 Å². The summed E-state index contributed by atoms with van der Waals surface area (Å²) in [6.07, 6.45) is -0.118. The highest BCUT2D eigenvalue weighted by Gasteiger charge is 2.37. The number of alkyl halides is 3. The number of halogens is 3. The summed E-state index contributed by atoms with van der Waals surface area (Å²) in [4.78, 5) is 2.07. The average molecular weight is 271 g/mol. The molecule has 1 saturated heterocycles. The van der Waals surface area contributed by atoms with Crippen LogP contribution in [-0.2, 0) is 6.18 Å². The van der Waals surface area contributed by atoms with Crippen molar-refractivity contribution in [3.63, 3.8) is 0 Å². The monoisotopic (exact) mass is 271 g/mol. The van der Waals surface area contributed by atoms with Crippen LogP contribution in [0.4, 0.5) is 18.9 Å². The van der Waals surface area contributed by atoms with Crippen LogP contribution in [0.3, 0.4) is 0 Å². The lowest BCUT2D eigenvalue weighted by atomic mass is 9.98. The lowest BCUT2D eigenvalue weighted by Gasteiger charge is -2.35. The molecule has 1 aromatic rings. The summed E-state index contributed by atoms with van der Waals surface area (Å²) in [7, 11) is 0. The minimum absolute atomic E-state index is 0.365. The van der Waals surface area contributed by atoms with Gasteiger partial charge in [-0.05, 0) is 49.8 Å². The zero-order chi connectivity index (χ0) is 13.6. The fourth-order valence-corrected chi connectivity index (χ4v) is 3.37. The molecule has 104 valence electrons. The number of benzene rings is 1. The third-order valence-corrected chi connectivity index (χ3v) is 4.35. The number of nitrogens with zero attached hydrogens (tertiary/aromatic N) is 1. The van der Waals surface area contributed by atoms with Crippen LogP contribution in [0.1, 0.15) is 31.2 Å². The quantitative estimate of drug-likeness (QED) is 0.840. The molecule has 2 unspecified atom stereocenters. The molecule has 1 aliphatic carbocycles. The normalized spacial score (nSPS) is 26.8. The highest BCUT2D eigenvalue weighted by atomic mass is 19.4. The first-order chi connectivity index (χ1) is 8.95. The average Bonchev–Trinajstić information content (AvgIpc) is 2.71. The summed E-state index contributed by atoms with van der Waals surface area (Å²) in [5.41, 5.74) is -0.361. The SMILES string of the molecule is Oc1ccc(N2CCC3CCC2C3)cc1C(F)(F)F. The van der Waals surface area contributed by atoms with Gasteiger partial charge in [-0.2, -0.15) is 13.2 Å². The van der Waals surface area contributed by atoms with E-state index in [9.17, 15) is 18.3 Å². The van der Waals surface area contributed by atoms with Gasteiger partial charge in [0.15, 0.2) is 0 Å². The summed E-state index contributed by atoms with van der Waals surface area (Å²) in [5.74, 6) is 0.0537. The third-order valence-electron chi connectivity index (χ3n) is 4.35. The lowest BCUT2D eigenvalue weighted by Crippen LogP contribution is -2.38. The van der Waals surface area contributed by atoms with E-state index >= 15 is 0 Å². The Labute approximate surface area is 109 Å². The molecular formula is C14H16F3NO. The number of hydrogen-bond donors (Lipinski definition) is 1. The van der Waals surface area contributed by atoms with Crippen LogP contribution < -0.4 is 4.90 Å². The van der Waals surface area contributed by atoms with E-state index in [0.717, 1.165) is 43.9 Å². The van der Waals surface area contributed by atoms with E-state index in [-0.39, 0.29) is 0 Å². The number of rotatable bonds is 1. The second kappa shape index (κ2) is 4.32. The van der Waals surface area contributed by atoms with Crippen molar-refractivity contribution in [2.75, 3.05) is 11.4 Å². The van der Waals surface area contributed by atoms with Crippen LogP contribution in [0.5, 0.6) is 5.75 Å².